The van der Waals surface area contributed by atoms with E-state index in [1.807, 2.05) is 51.1 Å². The topological polar surface area (TPSA) is 35.5 Å². The molecule has 0 unspecified atom stereocenters. The number of hydrogen-bond acceptors (Lipinski definition) is 3. The smallest absolute Gasteiger partial charge is 0.231 e. The first-order valence-electron chi connectivity index (χ1n) is 7.40. The Bertz CT molecular complexity index is 582. The summed E-state index contributed by atoms with van der Waals surface area (Å²) in [5.41, 5.74) is 2.90. The average molecular weight is 286 g/mol. The number of rotatable bonds is 6. The van der Waals surface area contributed by atoms with Gasteiger partial charge >= 0.3 is 0 Å². The molecule has 0 atom stereocenters. The minimum Gasteiger partial charge on any atom is -0.454 e. The van der Waals surface area contributed by atoms with Gasteiger partial charge in [-0.15, -0.1) is 0 Å². The molecule has 0 aliphatic carbocycles. The molecule has 0 radical (unpaired) electrons. The number of carbonyl (C=O) groups is 1. The van der Waals surface area contributed by atoms with Crippen LogP contribution in [0.2, 0.25) is 0 Å². The molecule has 1 aromatic rings. The third kappa shape index (κ3) is 3.75. The molecule has 3 nitrogen and oxygen atoms in total. The lowest BCUT2D eigenvalue weighted by Crippen LogP contribution is -2.03. The second-order valence-electron chi connectivity index (χ2n) is 5.11. The number of hydrogen-bond donors (Lipinski definition) is 0. The lowest BCUT2D eigenvalue weighted by molar-refractivity contribution is -0.112. The lowest BCUT2D eigenvalue weighted by Gasteiger charge is -2.04. The number of carbonyl (C=O) groups excluding carboxylic acids is 1. The Hall–Kier alpha value is -2.03. The van der Waals surface area contributed by atoms with Gasteiger partial charge < -0.3 is 9.47 Å². The minimum absolute atomic E-state index is 0.158. The fraction of sp³-hybridized carbons (Fsp3) is 0.389. The van der Waals surface area contributed by atoms with Gasteiger partial charge in [-0.3, -0.25) is 4.79 Å². The highest BCUT2D eigenvalue weighted by molar-refractivity contribution is 6.07. The molecule has 2 rings (SSSR count). The van der Waals surface area contributed by atoms with Crippen LogP contribution in [0.5, 0.6) is 11.5 Å². The summed E-state index contributed by atoms with van der Waals surface area (Å²) in [5.74, 6) is 1.78. The van der Waals surface area contributed by atoms with Gasteiger partial charge in [0.15, 0.2) is 17.3 Å². The third-order valence-corrected chi connectivity index (χ3v) is 3.70. The van der Waals surface area contributed by atoms with Crippen molar-refractivity contribution in [1.29, 1.82) is 0 Å². The molecule has 21 heavy (non-hydrogen) atoms. The number of Topliss-reactive ketones (excluding diaryl/α,β-unsaturated/α-hetero) is 1. The first-order valence-corrected chi connectivity index (χ1v) is 7.40. The largest absolute Gasteiger partial charge is 0.454 e. The van der Waals surface area contributed by atoms with Gasteiger partial charge in [0.25, 0.3) is 0 Å². The van der Waals surface area contributed by atoms with E-state index in [-0.39, 0.29) is 5.78 Å². The van der Waals surface area contributed by atoms with Crippen molar-refractivity contribution in [2.75, 3.05) is 6.79 Å². The second-order valence-corrected chi connectivity index (χ2v) is 5.11. The van der Waals surface area contributed by atoms with E-state index in [0.29, 0.717) is 6.79 Å². The molecular weight excluding hydrogens is 264 g/mol. The summed E-state index contributed by atoms with van der Waals surface area (Å²) < 4.78 is 10.7. The van der Waals surface area contributed by atoms with Crippen LogP contribution in [0.1, 0.15) is 39.2 Å². The summed E-state index contributed by atoms with van der Waals surface area (Å²) in [5, 5.41) is 0. The van der Waals surface area contributed by atoms with Gasteiger partial charge in [0, 0.05) is 0 Å². The number of benzene rings is 1. The Balaban J connectivity index is 1.94. The van der Waals surface area contributed by atoms with E-state index in [0.717, 1.165) is 41.9 Å². The van der Waals surface area contributed by atoms with E-state index in [2.05, 4.69) is 0 Å². The Morgan fingerprint density at radius 1 is 1.29 bits per heavy atom. The zero-order valence-electron chi connectivity index (χ0n) is 12.9. The van der Waals surface area contributed by atoms with Crippen molar-refractivity contribution in [2.45, 2.75) is 40.0 Å². The molecule has 1 aliphatic rings. The zero-order valence-corrected chi connectivity index (χ0v) is 12.9. The lowest BCUT2D eigenvalue weighted by atomic mass is 10.0. The quantitative estimate of drug-likeness (QED) is 0.734. The maximum Gasteiger partial charge on any atom is 0.231 e. The summed E-state index contributed by atoms with van der Waals surface area (Å²) in [4.78, 5) is 12.1. The number of allylic oxidation sites excluding steroid dienone is 4. The van der Waals surface area contributed by atoms with Gasteiger partial charge in [-0.25, -0.2) is 0 Å². The van der Waals surface area contributed by atoms with Crippen LogP contribution in [-0.4, -0.2) is 12.6 Å². The zero-order chi connectivity index (χ0) is 15.2. The van der Waals surface area contributed by atoms with Crippen LogP contribution in [0.15, 0.2) is 41.5 Å². The van der Waals surface area contributed by atoms with Crippen LogP contribution in [0, 0.1) is 0 Å². The van der Waals surface area contributed by atoms with E-state index in [4.69, 9.17) is 9.47 Å². The predicted molar refractivity (Wildman–Crippen MR) is 83.7 cm³/mol. The number of ketones is 1. The second kappa shape index (κ2) is 7.11. The molecule has 1 heterocycles. The first-order chi connectivity index (χ1) is 10.2. The number of ether oxygens (including phenoxy) is 2. The highest BCUT2D eigenvalue weighted by atomic mass is 16.7. The van der Waals surface area contributed by atoms with Crippen molar-refractivity contribution >= 4 is 5.78 Å². The SMILES string of the molecule is C/C=C(\CC)C(=O)/C(C)=C/CCc1ccc2c(c1)OCO2. The Morgan fingerprint density at radius 2 is 2.05 bits per heavy atom. The predicted octanol–water partition coefficient (Wildman–Crippen LogP) is 4.22. The van der Waals surface area contributed by atoms with Crippen LogP contribution >= 0.6 is 0 Å². The molecule has 0 saturated carbocycles. The Kier molecular flexibility index (Phi) is 5.20. The highest BCUT2D eigenvalue weighted by Gasteiger charge is 2.13. The van der Waals surface area contributed by atoms with Crippen LogP contribution < -0.4 is 9.47 Å². The van der Waals surface area contributed by atoms with Gasteiger partial charge in [-0.2, -0.15) is 0 Å². The average Bonchev–Trinajstić information content (AvgIpc) is 2.95. The van der Waals surface area contributed by atoms with Crippen LogP contribution in [0.3, 0.4) is 0 Å². The van der Waals surface area contributed by atoms with Crippen molar-refractivity contribution in [3.8, 4) is 11.5 Å². The molecule has 0 spiro atoms. The van der Waals surface area contributed by atoms with E-state index >= 15 is 0 Å². The molecule has 0 fully saturated rings. The molecule has 1 aromatic carbocycles. The highest BCUT2D eigenvalue weighted by Crippen LogP contribution is 2.32. The standard InChI is InChI=1S/C18H22O3/c1-4-15(5-2)18(19)13(3)7-6-8-14-9-10-16-17(11-14)21-12-20-16/h4,7,9-11H,5-6,8,12H2,1-3H3/b13-7+,15-4+. The molecule has 0 N–H and O–H groups in total. The van der Waals surface area contributed by atoms with Crippen molar-refractivity contribution in [2.24, 2.45) is 0 Å². The van der Waals surface area contributed by atoms with Crippen LogP contribution in [0.4, 0.5) is 0 Å². The van der Waals surface area contributed by atoms with Gasteiger partial charge in [-0.05, 0) is 62.0 Å². The third-order valence-electron chi connectivity index (χ3n) is 3.70. The van der Waals surface area contributed by atoms with E-state index < -0.39 is 0 Å². The van der Waals surface area contributed by atoms with Crippen molar-refractivity contribution in [3.63, 3.8) is 0 Å². The molecule has 0 aromatic heterocycles. The van der Waals surface area contributed by atoms with E-state index in [9.17, 15) is 4.79 Å². The summed E-state index contributed by atoms with van der Waals surface area (Å²) in [6.07, 6.45) is 6.43. The number of aryl methyl sites for hydroxylation is 1. The molecule has 1 aliphatic heterocycles. The maximum atomic E-state index is 12.1. The number of fused-ring (bicyclic) bond motifs is 1. The summed E-state index contributed by atoms with van der Waals surface area (Å²) >= 11 is 0. The van der Waals surface area contributed by atoms with Crippen molar-refractivity contribution in [3.05, 3.63) is 47.1 Å². The molecule has 3 heteroatoms. The van der Waals surface area contributed by atoms with Gasteiger partial charge in [0.05, 0.1) is 0 Å². The normalized spacial score (nSPS) is 14.4. The van der Waals surface area contributed by atoms with E-state index in [1.54, 1.807) is 0 Å². The van der Waals surface area contributed by atoms with E-state index in [1.165, 1.54) is 5.56 Å². The molecule has 112 valence electrons. The molecule has 0 saturated heterocycles. The molecule has 0 bridgehead atoms. The summed E-state index contributed by atoms with van der Waals surface area (Å²) in [6, 6.07) is 5.99. The van der Waals surface area contributed by atoms with Crippen molar-refractivity contribution in [1.82, 2.24) is 0 Å². The molecule has 0 amide bonds. The summed E-state index contributed by atoms with van der Waals surface area (Å²) in [6.45, 7) is 6.11. The van der Waals surface area contributed by atoms with Gasteiger partial charge in [0.1, 0.15) is 0 Å². The Morgan fingerprint density at radius 3 is 2.76 bits per heavy atom. The Labute approximate surface area is 126 Å². The fourth-order valence-electron chi connectivity index (χ4n) is 2.39. The molecular formula is C18H22O3. The van der Waals surface area contributed by atoms with Gasteiger partial charge in [0.2, 0.25) is 6.79 Å². The fourth-order valence-corrected chi connectivity index (χ4v) is 2.39. The van der Waals surface area contributed by atoms with Gasteiger partial charge in [-0.1, -0.05) is 25.1 Å². The monoisotopic (exact) mass is 286 g/mol. The van der Waals surface area contributed by atoms with Crippen LogP contribution in [-0.2, 0) is 11.2 Å². The van der Waals surface area contributed by atoms with Crippen LogP contribution in [0.25, 0.3) is 0 Å². The minimum atomic E-state index is 0.158. The first kappa shape index (κ1) is 15.4. The van der Waals surface area contributed by atoms with Crippen molar-refractivity contribution < 1.29 is 14.3 Å². The summed E-state index contributed by atoms with van der Waals surface area (Å²) in [7, 11) is 0. The maximum absolute atomic E-state index is 12.1.